The van der Waals surface area contributed by atoms with Gasteiger partial charge in [0.25, 0.3) is 0 Å². The summed E-state index contributed by atoms with van der Waals surface area (Å²) in [5.41, 5.74) is 1.65. The Morgan fingerprint density at radius 2 is 1.83 bits per heavy atom. The fourth-order valence-corrected chi connectivity index (χ4v) is 2.46. The number of nitrogens with zero attached hydrogens (tertiary/aromatic N) is 3. The Balaban J connectivity index is 1.87. The Hall–Kier alpha value is -2.83. The van der Waals surface area contributed by atoms with Crippen molar-refractivity contribution in [1.29, 1.82) is 0 Å². The summed E-state index contributed by atoms with van der Waals surface area (Å²) < 4.78 is 40.7. The Bertz CT molecular complexity index is 825. The fraction of sp³-hybridized carbons (Fsp3) is 0.176. The van der Waals surface area contributed by atoms with Crippen molar-refractivity contribution >= 4 is 5.82 Å². The summed E-state index contributed by atoms with van der Waals surface area (Å²) >= 11 is 0. The smallest absolute Gasteiger partial charge is 0.365 e. The number of pyridine rings is 1. The molecule has 4 nitrogen and oxygen atoms in total. The third kappa shape index (κ3) is 3.40. The summed E-state index contributed by atoms with van der Waals surface area (Å²) in [5, 5.41) is 7.17. The van der Waals surface area contributed by atoms with E-state index in [2.05, 4.69) is 15.4 Å². The van der Waals surface area contributed by atoms with Crippen molar-refractivity contribution in [3.05, 3.63) is 66.0 Å². The van der Waals surface area contributed by atoms with Crippen molar-refractivity contribution in [2.45, 2.75) is 12.7 Å². The minimum absolute atomic E-state index is 0.187. The molecule has 0 bridgehead atoms. The van der Waals surface area contributed by atoms with Gasteiger partial charge >= 0.3 is 6.18 Å². The molecule has 0 saturated heterocycles. The number of anilines is 1. The van der Waals surface area contributed by atoms with Gasteiger partial charge < -0.3 is 5.32 Å². The van der Waals surface area contributed by atoms with Crippen LogP contribution in [-0.4, -0.2) is 14.8 Å². The van der Waals surface area contributed by atoms with Crippen molar-refractivity contribution in [3.8, 4) is 11.3 Å². The zero-order chi connectivity index (χ0) is 17.2. The van der Waals surface area contributed by atoms with Crippen molar-refractivity contribution < 1.29 is 13.2 Å². The predicted molar refractivity (Wildman–Crippen MR) is 85.2 cm³/mol. The number of rotatable bonds is 4. The molecule has 3 rings (SSSR count). The van der Waals surface area contributed by atoms with Gasteiger partial charge in [-0.15, -0.1) is 0 Å². The van der Waals surface area contributed by atoms with E-state index >= 15 is 0 Å². The first-order valence-corrected chi connectivity index (χ1v) is 7.29. The van der Waals surface area contributed by atoms with Crippen LogP contribution < -0.4 is 5.32 Å². The van der Waals surface area contributed by atoms with Crippen LogP contribution in [0.15, 0.2) is 54.9 Å². The van der Waals surface area contributed by atoms with Crippen LogP contribution in [-0.2, 0) is 19.8 Å². The maximum Gasteiger partial charge on any atom is 0.419 e. The van der Waals surface area contributed by atoms with Crippen LogP contribution in [0.2, 0.25) is 0 Å². The molecule has 1 aromatic carbocycles. The molecule has 3 aromatic rings. The molecule has 0 spiro atoms. The molecule has 2 aromatic heterocycles. The van der Waals surface area contributed by atoms with Gasteiger partial charge in [-0.3, -0.25) is 4.68 Å². The van der Waals surface area contributed by atoms with E-state index in [0.29, 0.717) is 0 Å². The minimum Gasteiger partial charge on any atom is -0.365 e. The van der Waals surface area contributed by atoms with Crippen molar-refractivity contribution in [2.75, 3.05) is 5.32 Å². The third-order valence-electron chi connectivity index (χ3n) is 3.51. The Morgan fingerprint density at radius 3 is 2.54 bits per heavy atom. The fourth-order valence-electron chi connectivity index (χ4n) is 2.46. The second kappa shape index (κ2) is 6.35. The molecule has 0 aliphatic rings. The van der Waals surface area contributed by atoms with Crippen LogP contribution >= 0.6 is 0 Å². The van der Waals surface area contributed by atoms with Crippen LogP contribution in [0.1, 0.15) is 11.1 Å². The van der Waals surface area contributed by atoms with E-state index in [-0.39, 0.29) is 12.4 Å². The highest BCUT2D eigenvalue weighted by Gasteiger charge is 2.34. The van der Waals surface area contributed by atoms with E-state index in [1.807, 2.05) is 30.3 Å². The molecule has 0 fully saturated rings. The molecule has 0 amide bonds. The molecular weight excluding hydrogens is 317 g/mol. The summed E-state index contributed by atoms with van der Waals surface area (Å²) in [7, 11) is 1.78. The number of nitrogens with one attached hydrogen (secondary N) is 1. The lowest BCUT2D eigenvalue weighted by Gasteiger charge is -2.13. The molecule has 0 atom stereocenters. The van der Waals surface area contributed by atoms with Crippen LogP contribution in [0.4, 0.5) is 19.0 Å². The molecule has 1 N–H and O–H groups in total. The third-order valence-corrected chi connectivity index (χ3v) is 3.51. The predicted octanol–water partition coefficient (Wildman–Crippen LogP) is 4.11. The lowest BCUT2D eigenvalue weighted by atomic mass is 10.1. The van der Waals surface area contributed by atoms with Gasteiger partial charge in [0.05, 0.1) is 11.3 Å². The summed E-state index contributed by atoms with van der Waals surface area (Å²) in [4.78, 5) is 3.81. The van der Waals surface area contributed by atoms with Crippen molar-refractivity contribution in [3.63, 3.8) is 0 Å². The zero-order valence-electron chi connectivity index (χ0n) is 12.9. The highest BCUT2D eigenvalue weighted by Crippen LogP contribution is 2.33. The Morgan fingerprint density at radius 1 is 1.08 bits per heavy atom. The maximum atomic E-state index is 13.0. The molecule has 124 valence electrons. The second-order valence-corrected chi connectivity index (χ2v) is 5.29. The van der Waals surface area contributed by atoms with E-state index in [0.717, 1.165) is 22.9 Å². The van der Waals surface area contributed by atoms with Gasteiger partial charge in [-0.25, -0.2) is 4.98 Å². The number of hydrogen-bond donors (Lipinski definition) is 1. The van der Waals surface area contributed by atoms with Crippen LogP contribution in [0.25, 0.3) is 11.3 Å². The first-order valence-electron chi connectivity index (χ1n) is 7.29. The Kier molecular flexibility index (Phi) is 4.24. The highest BCUT2D eigenvalue weighted by atomic mass is 19.4. The number of benzene rings is 1. The van der Waals surface area contributed by atoms with E-state index < -0.39 is 11.7 Å². The largest absolute Gasteiger partial charge is 0.419 e. The second-order valence-electron chi connectivity index (χ2n) is 5.29. The molecular formula is C17H15F3N4. The van der Waals surface area contributed by atoms with Crippen molar-refractivity contribution in [2.24, 2.45) is 7.05 Å². The quantitative estimate of drug-likeness (QED) is 0.782. The SMILES string of the molecule is Cn1cc(CNc2ncccc2C(F)(F)F)c(-c2ccccc2)n1. The minimum atomic E-state index is -4.45. The Labute approximate surface area is 137 Å². The van der Waals surface area contributed by atoms with Gasteiger partial charge in [-0.2, -0.15) is 18.3 Å². The molecule has 0 saturated carbocycles. The molecule has 0 radical (unpaired) electrons. The number of halogens is 3. The van der Waals surface area contributed by atoms with Gasteiger partial charge in [0.2, 0.25) is 0 Å². The summed E-state index contributed by atoms with van der Waals surface area (Å²) in [6.07, 6.45) is -1.34. The van der Waals surface area contributed by atoms with Crippen LogP contribution in [0.3, 0.4) is 0 Å². The van der Waals surface area contributed by atoms with Crippen molar-refractivity contribution in [1.82, 2.24) is 14.8 Å². The van der Waals surface area contributed by atoms with Gasteiger partial charge in [0.1, 0.15) is 5.82 Å². The highest BCUT2D eigenvalue weighted by molar-refractivity contribution is 5.63. The van der Waals surface area contributed by atoms with Gasteiger partial charge in [0.15, 0.2) is 0 Å². The van der Waals surface area contributed by atoms with Gasteiger partial charge in [-0.1, -0.05) is 30.3 Å². The molecule has 0 unspecified atom stereocenters. The van der Waals surface area contributed by atoms with E-state index in [1.165, 1.54) is 12.3 Å². The molecule has 0 aliphatic carbocycles. The first kappa shape index (κ1) is 16.0. The number of aryl methyl sites for hydroxylation is 1. The molecule has 7 heteroatoms. The average Bonchev–Trinajstić information content (AvgIpc) is 2.94. The standard InChI is InChI=1S/C17H15F3N4/c1-24-11-13(15(23-24)12-6-3-2-4-7-12)10-22-16-14(17(18,19)20)8-5-9-21-16/h2-9,11H,10H2,1H3,(H,21,22). The van der Waals surface area contributed by atoms with E-state index in [1.54, 1.807) is 17.9 Å². The first-order chi connectivity index (χ1) is 11.4. The summed E-state index contributed by atoms with van der Waals surface area (Å²) in [6.45, 7) is 0.193. The monoisotopic (exact) mass is 332 g/mol. The van der Waals surface area contributed by atoms with Crippen LogP contribution in [0.5, 0.6) is 0 Å². The lowest BCUT2D eigenvalue weighted by Crippen LogP contribution is -2.12. The number of alkyl halides is 3. The van der Waals surface area contributed by atoms with Gasteiger partial charge in [0, 0.05) is 37.1 Å². The van der Waals surface area contributed by atoms with Gasteiger partial charge in [-0.05, 0) is 12.1 Å². The lowest BCUT2D eigenvalue weighted by molar-refractivity contribution is -0.137. The van der Waals surface area contributed by atoms with E-state index in [4.69, 9.17) is 0 Å². The average molecular weight is 332 g/mol. The van der Waals surface area contributed by atoms with E-state index in [9.17, 15) is 13.2 Å². The molecule has 2 heterocycles. The van der Waals surface area contributed by atoms with Crippen LogP contribution in [0, 0.1) is 0 Å². The number of aromatic nitrogens is 3. The zero-order valence-corrected chi connectivity index (χ0v) is 12.9. The topological polar surface area (TPSA) is 42.7 Å². The normalized spacial score (nSPS) is 11.5. The molecule has 24 heavy (non-hydrogen) atoms. The summed E-state index contributed by atoms with van der Waals surface area (Å²) in [6, 6.07) is 11.8. The maximum absolute atomic E-state index is 13.0. The molecule has 0 aliphatic heterocycles. The summed E-state index contributed by atoms with van der Waals surface area (Å²) in [5.74, 6) is -0.187. The number of hydrogen-bond acceptors (Lipinski definition) is 3.